The van der Waals surface area contributed by atoms with Crippen molar-refractivity contribution in [2.75, 3.05) is 26.2 Å². The quantitative estimate of drug-likeness (QED) is 0.0926. The molecule has 2 heterocycles. The maximum Gasteiger partial charge on any atom is 0.471 e. The average Bonchev–Trinajstić information content (AvgIpc) is 3.75. The Morgan fingerprint density at radius 3 is 2.05 bits per heavy atom. The van der Waals surface area contributed by atoms with E-state index in [2.05, 4.69) is 30.1 Å². The highest BCUT2D eigenvalue weighted by Gasteiger charge is 2.47. The zero-order chi connectivity index (χ0) is 42.0. The number of amides is 2. The molecule has 0 radical (unpaired) electrons. The summed E-state index contributed by atoms with van der Waals surface area (Å²) in [6.07, 6.45) is 10.4. The SMILES string of the molecule is CCCCCCCCN(CCCCCCCC)CC1CC(c2ccc(CO)cc2)OC(c2cccc(-c3cccc(CNC(=O)C4CCCN4C(=O)C(F)(F)F)c3)c2)O1. The molecule has 2 aliphatic heterocycles. The van der Waals surface area contributed by atoms with Gasteiger partial charge >= 0.3 is 12.1 Å². The number of carbonyl (C=O) groups excluding carboxylic acids is 2. The van der Waals surface area contributed by atoms with Crippen molar-refractivity contribution in [2.24, 2.45) is 0 Å². The number of aliphatic hydroxyl groups excluding tert-OH is 1. The summed E-state index contributed by atoms with van der Waals surface area (Å²) in [5, 5.41) is 12.5. The van der Waals surface area contributed by atoms with E-state index in [1.807, 2.05) is 66.7 Å². The first kappa shape index (κ1) is 46.3. The Balaban J connectivity index is 1.29. The standard InChI is InChI=1S/C48H66F3N3O5/c1-3-5-7-9-11-13-27-53(28-14-12-10-8-6-4-2)34-42-32-44(38-25-23-36(35-55)24-26-38)59-46(58-42)41-21-16-20-40(31-41)39-19-15-18-37(30-39)33-52-45(56)43-22-17-29-54(43)47(57)48(49,50)51/h15-16,18-21,23-26,30-31,42-44,46,55H,3-14,17,22,27-29,32-35H2,1-2H3,(H,52,56). The molecule has 0 aliphatic carbocycles. The molecule has 2 amide bonds. The number of alkyl halides is 3. The topological polar surface area (TPSA) is 91.3 Å². The van der Waals surface area contributed by atoms with Gasteiger partial charge in [-0.3, -0.25) is 9.59 Å². The van der Waals surface area contributed by atoms with Crippen molar-refractivity contribution in [3.63, 3.8) is 0 Å². The normalized spacial score (nSPS) is 19.7. The van der Waals surface area contributed by atoms with Crippen LogP contribution in [0.15, 0.2) is 72.8 Å². The third kappa shape index (κ3) is 14.4. The van der Waals surface area contributed by atoms with E-state index in [9.17, 15) is 27.9 Å². The summed E-state index contributed by atoms with van der Waals surface area (Å²) in [6.45, 7) is 7.44. The second-order valence-electron chi connectivity index (χ2n) is 16.4. The molecule has 0 bridgehead atoms. The number of hydrogen-bond acceptors (Lipinski definition) is 6. The van der Waals surface area contributed by atoms with Crippen molar-refractivity contribution in [3.8, 4) is 11.1 Å². The lowest BCUT2D eigenvalue weighted by Gasteiger charge is -2.38. The highest BCUT2D eigenvalue weighted by Crippen LogP contribution is 2.39. The summed E-state index contributed by atoms with van der Waals surface area (Å²) >= 11 is 0. The van der Waals surface area contributed by atoms with Gasteiger partial charge in [0.05, 0.1) is 18.8 Å². The Hall–Kier alpha value is -3.77. The molecule has 324 valence electrons. The highest BCUT2D eigenvalue weighted by atomic mass is 19.4. The molecule has 0 saturated carbocycles. The Kier molecular flexibility index (Phi) is 18.7. The number of benzene rings is 3. The zero-order valence-corrected chi connectivity index (χ0v) is 35.2. The lowest BCUT2D eigenvalue weighted by molar-refractivity contribution is -0.253. The molecule has 4 unspecified atom stereocenters. The Morgan fingerprint density at radius 1 is 0.780 bits per heavy atom. The minimum absolute atomic E-state index is 0.0194. The van der Waals surface area contributed by atoms with Crippen LogP contribution in [0.2, 0.25) is 0 Å². The first-order valence-electron chi connectivity index (χ1n) is 22.2. The molecule has 4 atom stereocenters. The largest absolute Gasteiger partial charge is 0.471 e. The molecule has 0 aromatic heterocycles. The number of nitrogens with zero attached hydrogens (tertiary/aromatic N) is 2. The second-order valence-corrected chi connectivity index (χ2v) is 16.4. The number of likely N-dealkylation sites (tertiary alicyclic amines) is 1. The molecule has 2 fully saturated rings. The van der Waals surface area contributed by atoms with Crippen LogP contribution < -0.4 is 5.32 Å². The lowest BCUT2D eigenvalue weighted by atomic mass is 9.98. The Morgan fingerprint density at radius 2 is 1.41 bits per heavy atom. The van der Waals surface area contributed by atoms with Crippen LogP contribution in [0.5, 0.6) is 0 Å². The van der Waals surface area contributed by atoms with E-state index in [1.165, 1.54) is 77.0 Å². The summed E-state index contributed by atoms with van der Waals surface area (Å²) in [6, 6.07) is 22.6. The van der Waals surface area contributed by atoms with Crippen LogP contribution in [0.25, 0.3) is 11.1 Å². The summed E-state index contributed by atoms with van der Waals surface area (Å²) in [5.41, 5.74) is 5.40. The molecule has 2 N–H and O–H groups in total. The van der Waals surface area contributed by atoms with Gasteiger partial charge in [-0.15, -0.1) is 0 Å². The maximum absolute atomic E-state index is 13.1. The number of hydrogen-bond donors (Lipinski definition) is 2. The minimum atomic E-state index is -5.02. The maximum atomic E-state index is 13.1. The Bertz CT molecular complexity index is 1700. The molecule has 2 aliphatic rings. The molecule has 5 rings (SSSR count). The molecular weight excluding hydrogens is 756 g/mol. The number of carbonyl (C=O) groups is 2. The third-order valence-corrected chi connectivity index (χ3v) is 11.7. The van der Waals surface area contributed by atoms with Gasteiger partial charge in [-0.2, -0.15) is 13.2 Å². The van der Waals surface area contributed by atoms with Gasteiger partial charge in [0.2, 0.25) is 5.91 Å². The number of ether oxygens (including phenoxy) is 2. The third-order valence-electron chi connectivity index (χ3n) is 11.7. The van der Waals surface area contributed by atoms with Gasteiger partial charge in [-0.1, -0.05) is 139 Å². The Labute approximate surface area is 349 Å². The van der Waals surface area contributed by atoms with E-state index < -0.39 is 30.3 Å². The fourth-order valence-electron chi connectivity index (χ4n) is 8.32. The second kappa shape index (κ2) is 23.9. The van der Waals surface area contributed by atoms with E-state index in [0.29, 0.717) is 11.3 Å². The van der Waals surface area contributed by atoms with Crippen LogP contribution in [0.3, 0.4) is 0 Å². The number of nitrogens with one attached hydrogen (secondary N) is 1. The van der Waals surface area contributed by atoms with Crippen LogP contribution >= 0.6 is 0 Å². The van der Waals surface area contributed by atoms with Crippen LogP contribution in [-0.4, -0.2) is 71.2 Å². The monoisotopic (exact) mass is 821 g/mol. The number of unbranched alkanes of at least 4 members (excludes halogenated alkanes) is 10. The molecular formula is C48H66F3N3O5. The van der Waals surface area contributed by atoms with E-state index in [4.69, 9.17) is 9.47 Å². The molecule has 3 aromatic carbocycles. The van der Waals surface area contributed by atoms with Gasteiger partial charge in [0, 0.05) is 31.6 Å². The smallest absolute Gasteiger partial charge is 0.392 e. The molecule has 8 nitrogen and oxygen atoms in total. The van der Waals surface area contributed by atoms with Crippen molar-refractivity contribution >= 4 is 11.8 Å². The lowest BCUT2D eigenvalue weighted by Crippen LogP contribution is -2.50. The van der Waals surface area contributed by atoms with Crippen LogP contribution in [0, 0.1) is 0 Å². The number of aliphatic hydroxyl groups is 1. The fourth-order valence-corrected chi connectivity index (χ4v) is 8.32. The summed E-state index contributed by atoms with van der Waals surface area (Å²) in [4.78, 5) is 28.1. The van der Waals surface area contributed by atoms with Crippen molar-refractivity contribution in [1.82, 2.24) is 15.1 Å². The molecule has 3 aromatic rings. The minimum Gasteiger partial charge on any atom is -0.392 e. The summed E-state index contributed by atoms with van der Waals surface area (Å²) < 4.78 is 53.0. The number of halogens is 3. The van der Waals surface area contributed by atoms with Crippen LogP contribution in [0.1, 0.15) is 145 Å². The van der Waals surface area contributed by atoms with Crippen molar-refractivity contribution < 1.29 is 37.3 Å². The van der Waals surface area contributed by atoms with Crippen LogP contribution in [-0.2, 0) is 32.2 Å². The van der Waals surface area contributed by atoms with Gasteiger partial charge in [-0.05, 0) is 78.7 Å². The van der Waals surface area contributed by atoms with Crippen molar-refractivity contribution in [1.29, 1.82) is 0 Å². The highest BCUT2D eigenvalue weighted by molar-refractivity contribution is 5.90. The molecule has 2 saturated heterocycles. The van der Waals surface area contributed by atoms with Gasteiger partial charge in [0.25, 0.3) is 0 Å². The van der Waals surface area contributed by atoms with Gasteiger partial charge < -0.3 is 29.7 Å². The molecule has 59 heavy (non-hydrogen) atoms. The first-order valence-corrected chi connectivity index (χ1v) is 22.2. The zero-order valence-electron chi connectivity index (χ0n) is 35.2. The summed E-state index contributed by atoms with van der Waals surface area (Å²) in [5.74, 6) is -2.56. The van der Waals surface area contributed by atoms with Crippen molar-refractivity contribution in [2.45, 2.75) is 154 Å². The fraction of sp³-hybridized carbons (Fsp3) is 0.583. The molecule has 0 spiro atoms. The van der Waals surface area contributed by atoms with Gasteiger partial charge in [0.15, 0.2) is 6.29 Å². The predicted octanol–water partition coefficient (Wildman–Crippen LogP) is 10.6. The molecule has 11 heteroatoms. The van der Waals surface area contributed by atoms with E-state index in [0.717, 1.165) is 59.4 Å². The number of rotatable bonds is 23. The van der Waals surface area contributed by atoms with E-state index >= 15 is 0 Å². The van der Waals surface area contributed by atoms with E-state index in [-0.39, 0.29) is 38.3 Å². The van der Waals surface area contributed by atoms with E-state index in [1.54, 1.807) is 0 Å². The summed E-state index contributed by atoms with van der Waals surface area (Å²) in [7, 11) is 0. The first-order chi connectivity index (χ1) is 28.6. The van der Waals surface area contributed by atoms with Crippen LogP contribution in [0.4, 0.5) is 13.2 Å². The van der Waals surface area contributed by atoms with Gasteiger partial charge in [0.1, 0.15) is 6.04 Å². The average molecular weight is 822 g/mol. The van der Waals surface area contributed by atoms with Crippen molar-refractivity contribution in [3.05, 3.63) is 95.1 Å². The predicted molar refractivity (Wildman–Crippen MR) is 226 cm³/mol. The van der Waals surface area contributed by atoms with Gasteiger partial charge in [-0.25, -0.2) is 0 Å².